The Morgan fingerprint density at radius 2 is 1.68 bits per heavy atom. The zero-order valence-corrected chi connectivity index (χ0v) is 22.4. The molecule has 2 amide bonds. The first-order valence-electron chi connectivity index (χ1n) is 13.3. The number of hydrogen-bond acceptors (Lipinski definition) is 4. The van der Waals surface area contributed by atoms with E-state index < -0.39 is 6.04 Å². The van der Waals surface area contributed by atoms with Crippen LogP contribution in [-0.4, -0.2) is 48.1 Å². The summed E-state index contributed by atoms with van der Waals surface area (Å²) in [6.45, 7) is -0.0669. The van der Waals surface area contributed by atoms with Crippen molar-refractivity contribution in [3.8, 4) is 17.2 Å². The van der Waals surface area contributed by atoms with E-state index in [0.29, 0.717) is 17.1 Å². The molecule has 7 nitrogen and oxygen atoms in total. The van der Waals surface area contributed by atoms with Gasteiger partial charge in [-0.15, -0.1) is 0 Å². The molecule has 2 heterocycles. The number of anilines is 1. The maximum atomic E-state index is 14.4. The Kier molecular flexibility index (Phi) is 6.76. The van der Waals surface area contributed by atoms with Gasteiger partial charge in [0.1, 0.15) is 29.9 Å². The summed E-state index contributed by atoms with van der Waals surface area (Å²) in [5.41, 5.74) is 4.01. The number of ether oxygens (including phenoxy) is 2. The van der Waals surface area contributed by atoms with Crippen molar-refractivity contribution in [3.63, 3.8) is 0 Å². The van der Waals surface area contributed by atoms with Crippen LogP contribution in [0.15, 0.2) is 85.1 Å². The first kappa shape index (κ1) is 25.7. The summed E-state index contributed by atoms with van der Waals surface area (Å²) in [5, 5.41) is 0. The highest BCUT2D eigenvalue weighted by molar-refractivity contribution is 6.00. The maximum absolute atomic E-state index is 14.4. The van der Waals surface area contributed by atoms with Crippen molar-refractivity contribution < 1.29 is 23.5 Å². The second-order valence-corrected chi connectivity index (χ2v) is 10.1. The number of nitrogens with zero attached hydrogens (tertiary/aromatic N) is 3. The monoisotopic (exact) mass is 539 g/mol. The summed E-state index contributed by atoms with van der Waals surface area (Å²) in [5.74, 6) is 0.579. The normalized spacial score (nSPS) is 15.7. The largest absolute Gasteiger partial charge is 0.497 e. The topological polar surface area (TPSA) is 64.0 Å². The van der Waals surface area contributed by atoms with Crippen LogP contribution in [0.4, 0.5) is 10.1 Å². The number of rotatable bonds is 8. The molecule has 1 atom stereocenters. The minimum Gasteiger partial charge on any atom is -0.497 e. The van der Waals surface area contributed by atoms with Crippen LogP contribution < -0.4 is 14.4 Å². The lowest BCUT2D eigenvalue weighted by Gasteiger charge is -2.40. The van der Waals surface area contributed by atoms with Gasteiger partial charge in [-0.2, -0.15) is 0 Å². The predicted octanol–water partition coefficient (Wildman–Crippen LogP) is 5.30. The standard InChI is InChI=1S/C32H30FN3O4/c1-39-24-15-16-29(40-2)25(19-24)32-28-8-5-17-34(28)26-6-3-4-7-27(26)36(32)31(38)20-35(23-13-14-23)30(37)18-21-9-11-22(33)12-10-21/h3-12,15-17,19,23,32H,13-14,18,20H2,1-2H3. The van der Waals surface area contributed by atoms with Crippen LogP contribution in [0.5, 0.6) is 11.5 Å². The van der Waals surface area contributed by atoms with Crippen LogP contribution in [-0.2, 0) is 16.0 Å². The highest BCUT2D eigenvalue weighted by Gasteiger charge is 2.41. The summed E-state index contributed by atoms with van der Waals surface area (Å²) in [6, 6.07) is 22.7. The van der Waals surface area contributed by atoms with Crippen LogP contribution in [0.1, 0.15) is 35.7 Å². The molecule has 1 saturated carbocycles. The molecule has 0 radical (unpaired) electrons. The molecule has 1 unspecified atom stereocenters. The summed E-state index contributed by atoms with van der Waals surface area (Å²) < 4.78 is 26.8. The molecule has 8 heteroatoms. The Balaban J connectivity index is 1.40. The molecule has 2 aliphatic rings. The highest BCUT2D eigenvalue weighted by atomic mass is 19.1. The third-order valence-electron chi connectivity index (χ3n) is 7.60. The van der Waals surface area contributed by atoms with Gasteiger partial charge in [-0.1, -0.05) is 24.3 Å². The van der Waals surface area contributed by atoms with Crippen LogP contribution in [0, 0.1) is 5.82 Å². The molecule has 3 aromatic carbocycles. The molecule has 204 valence electrons. The number of methoxy groups -OCH3 is 2. The van der Waals surface area contributed by atoms with Gasteiger partial charge in [0.2, 0.25) is 11.8 Å². The van der Waals surface area contributed by atoms with Crippen molar-refractivity contribution in [1.82, 2.24) is 9.47 Å². The molecular formula is C32H30FN3O4. The Morgan fingerprint density at radius 1 is 0.925 bits per heavy atom. The zero-order valence-electron chi connectivity index (χ0n) is 22.4. The second kappa shape index (κ2) is 10.5. The fourth-order valence-electron chi connectivity index (χ4n) is 5.52. The average molecular weight is 540 g/mol. The molecule has 6 rings (SSSR count). The number of para-hydroxylation sites is 2. The van der Waals surface area contributed by atoms with Crippen LogP contribution in [0.3, 0.4) is 0 Å². The molecule has 0 N–H and O–H groups in total. The van der Waals surface area contributed by atoms with Gasteiger partial charge < -0.3 is 18.9 Å². The van der Waals surface area contributed by atoms with Crippen LogP contribution >= 0.6 is 0 Å². The van der Waals surface area contributed by atoms with Gasteiger partial charge in [-0.3, -0.25) is 14.5 Å². The third kappa shape index (κ3) is 4.70. The summed E-state index contributed by atoms with van der Waals surface area (Å²) in [7, 11) is 3.21. The Morgan fingerprint density at radius 3 is 2.38 bits per heavy atom. The smallest absolute Gasteiger partial charge is 0.247 e. The van der Waals surface area contributed by atoms with Gasteiger partial charge >= 0.3 is 0 Å². The van der Waals surface area contributed by atoms with E-state index in [1.54, 1.807) is 36.2 Å². The Hall–Kier alpha value is -4.59. The van der Waals surface area contributed by atoms with E-state index in [9.17, 15) is 14.0 Å². The zero-order chi connectivity index (χ0) is 27.8. The molecule has 4 aromatic rings. The van der Waals surface area contributed by atoms with Gasteiger partial charge in [-0.05, 0) is 73.0 Å². The van der Waals surface area contributed by atoms with Crippen molar-refractivity contribution >= 4 is 17.5 Å². The highest BCUT2D eigenvalue weighted by Crippen LogP contribution is 2.45. The van der Waals surface area contributed by atoms with Gasteiger partial charge in [0.15, 0.2) is 0 Å². The lowest BCUT2D eigenvalue weighted by molar-refractivity contribution is -0.135. The van der Waals surface area contributed by atoms with E-state index in [1.165, 1.54) is 12.1 Å². The number of amides is 2. The van der Waals surface area contributed by atoms with Crippen molar-refractivity contribution in [2.24, 2.45) is 0 Å². The average Bonchev–Trinajstić information content (AvgIpc) is 3.70. The molecule has 0 spiro atoms. The van der Waals surface area contributed by atoms with Crippen molar-refractivity contribution in [1.29, 1.82) is 0 Å². The number of hydrogen-bond donors (Lipinski definition) is 0. The summed E-state index contributed by atoms with van der Waals surface area (Å²) >= 11 is 0. The fraction of sp³-hybridized carbons (Fsp3) is 0.250. The van der Waals surface area contributed by atoms with Crippen molar-refractivity contribution in [2.45, 2.75) is 31.3 Å². The molecule has 40 heavy (non-hydrogen) atoms. The summed E-state index contributed by atoms with van der Waals surface area (Å²) in [6.07, 6.45) is 3.80. The number of aromatic nitrogens is 1. The molecule has 0 saturated heterocycles. The molecule has 1 fully saturated rings. The lowest BCUT2D eigenvalue weighted by Crippen LogP contribution is -2.47. The SMILES string of the molecule is COc1ccc(OC)c(C2c3cccn3-c3ccccc3N2C(=O)CN(C(=O)Cc2ccc(F)cc2)C2CC2)c1. The van der Waals surface area contributed by atoms with E-state index in [4.69, 9.17) is 9.47 Å². The quantitative estimate of drug-likeness (QED) is 0.305. The van der Waals surface area contributed by atoms with Crippen molar-refractivity contribution in [2.75, 3.05) is 25.7 Å². The molecule has 1 aliphatic carbocycles. The Labute approximate surface area is 232 Å². The minimum absolute atomic E-state index is 0.0191. The van der Waals surface area contributed by atoms with E-state index >= 15 is 0 Å². The minimum atomic E-state index is -0.518. The van der Waals surface area contributed by atoms with Gasteiger partial charge in [0.05, 0.1) is 37.7 Å². The predicted molar refractivity (Wildman–Crippen MR) is 149 cm³/mol. The lowest BCUT2D eigenvalue weighted by atomic mass is 9.96. The van der Waals surface area contributed by atoms with E-state index in [-0.39, 0.29) is 36.6 Å². The van der Waals surface area contributed by atoms with Gasteiger partial charge in [0, 0.05) is 17.8 Å². The number of carbonyl (C=O) groups is 2. The Bertz CT molecular complexity index is 1560. The third-order valence-corrected chi connectivity index (χ3v) is 7.60. The van der Waals surface area contributed by atoms with Gasteiger partial charge in [0.25, 0.3) is 0 Å². The fourth-order valence-corrected chi connectivity index (χ4v) is 5.52. The van der Waals surface area contributed by atoms with E-state index in [2.05, 4.69) is 4.57 Å². The van der Waals surface area contributed by atoms with E-state index in [0.717, 1.165) is 35.5 Å². The van der Waals surface area contributed by atoms with Gasteiger partial charge in [-0.25, -0.2) is 4.39 Å². The first-order chi connectivity index (χ1) is 19.5. The second-order valence-electron chi connectivity index (χ2n) is 10.1. The first-order valence-corrected chi connectivity index (χ1v) is 13.3. The molecular weight excluding hydrogens is 509 g/mol. The number of halogens is 1. The van der Waals surface area contributed by atoms with Crippen LogP contribution in [0.25, 0.3) is 5.69 Å². The summed E-state index contributed by atoms with van der Waals surface area (Å²) in [4.78, 5) is 31.3. The number of carbonyl (C=O) groups excluding carboxylic acids is 2. The molecule has 1 aliphatic heterocycles. The molecule has 0 bridgehead atoms. The van der Waals surface area contributed by atoms with Crippen LogP contribution in [0.2, 0.25) is 0 Å². The maximum Gasteiger partial charge on any atom is 0.247 e. The molecule has 1 aromatic heterocycles. The van der Waals surface area contributed by atoms with Crippen molar-refractivity contribution in [3.05, 3.63) is 108 Å². The number of fused-ring (bicyclic) bond motifs is 3. The number of benzene rings is 3. The van der Waals surface area contributed by atoms with E-state index in [1.807, 2.05) is 60.8 Å².